The van der Waals surface area contributed by atoms with Gasteiger partial charge in [-0.15, -0.1) is 11.3 Å². The summed E-state index contributed by atoms with van der Waals surface area (Å²) >= 11 is 8.00. The number of benzene rings is 2. The average molecular weight is 670 g/mol. The number of hydrogen-bond donors (Lipinski definition) is 1. The molecule has 8 nitrogen and oxygen atoms in total. The Morgan fingerprint density at radius 3 is 2.67 bits per heavy atom. The zero-order valence-electron chi connectivity index (χ0n) is 26.1. The second-order valence-electron chi connectivity index (χ2n) is 12.9. The minimum absolute atomic E-state index is 0.0840. The first kappa shape index (κ1) is 33.0. The maximum Gasteiger partial charge on any atom is 0.257 e. The number of carbonyl (C=O) groups excluding carboxylic acids is 3. The van der Waals surface area contributed by atoms with Gasteiger partial charge in [-0.05, 0) is 68.2 Å². The first-order valence-electron chi connectivity index (χ1n) is 16.2. The Morgan fingerprint density at radius 1 is 1.13 bits per heavy atom. The highest BCUT2D eigenvalue weighted by Gasteiger charge is 2.42. The Balaban J connectivity index is 1.11. The van der Waals surface area contributed by atoms with Crippen LogP contribution in [0.4, 0.5) is 10.1 Å². The van der Waals surface area contributed by atoms with Gasteiger partial charge >= 0.3 is 0 Å². The maximum absolute atomic E-state index is 15.4. The van der Waals surface area contributed by atoms with E-state index in [1.54, 1.807) is 12.5 Å². The summed E-state index contributed by atoms with van der Waals surface area (Å²) in [6, 6.07) is 10.3. The third-order valence-electron chi connectivity index (χ3n) is 9.83. The van der Waals surface area contributed by atoms with E-state index in [2.05, 4.69) is 10.2 Å². The number of thiophene rings is 1. The molecule has 0 unspecified atom stereocenters. The number of nitrogens with one attached hydrogen (secondary N) is 1. The Labute approximate surface area is 278 Å². The molecule has 0 spiro atoms. The molecular weight excluding hydrogens is 629 g/mol. The monoisotopic (exact) mass is 669 g/mol. The van der Waals surface area contributed by atoms with Crippen molar-refractivity contribution in [2.24, 2.45) is 11.8 Å². The van der Waals surface area contributed by atoms with Crippen LogP contribution in [0.1, 0.15) is 54.4 Å². The van der Waals surface area contributed by atoms with E-state index in [9.17, 15) is 14.4 Å². The molecule has 2 aromatic carbocycles. The first-order chi connectivity index (χ1) is 22.3. The van der Waals surface area contributed by atoms with E-state index in [1.165, 1.54) is 23.5 Å². The molecule has 3 heterocycles. The number of ether oxygens (including phenoxy) is 2. The van der Waals surface area contributed by atoms with Crippen molar-refractivity contribution in [2.45, 2.75) is 63.1 Å². The zero-order chi connectivity index (χ0) is 32.2. The summed E-state index contributed by atoms with van der Waals surface area (Å²) in [7, 11) is 1.72. The number of halogens is 2. The van der Waals surface area contributed by atoms with E-state index >= 15 is 4.39 Å². The van der Waals surface area contributed by atoms with E-state index in [-0.39, 0.29) is 58.6 Å². The summed E-state index contributed by atoms with van der Waals surface area (Å²) in [6.45, 7) is 3.71. The van der Waals surface area contributed by atoms with Crippen molar-refractivity contribution in [1.82, 2.24) is 9.80 Å². The van der Waals surface area contributed by atoms with Gasteiger partial charge in [0.15, 0.2) is 0 Å². The summed E-state index contributed by atoms with van der Waals surface area (Å²) in [6.07, 6.45) is 6.17. The minimum atomic E-state index is -0.595. The summed E-state index contributed by atoms with van der Waals surface area (Å²) in [5.74, 6) is -0.427. The smallest absolute Gasteiger partial charge is 0.257 e. The molecule has 3 fully saturated rings. The largest absolute Gasteiger partial charge is 0.385 e. The van der Waals surface area contributed by atoms with Crippen LogP contribution in [0.5, 0.6) is 0 Å². The highest BCUT2D eigenvalue weighted by Crippen LogP contribution is 2.33. The Hall–Kier alpha value is -2.89. The molecule has 2 atom stereocenters. The molecule has 6 rings (SSSR count). The second kappa shape index (κ2) is 14.9. The number of amides is 2. The average Bonchev–Trinajstić information content (AvgIpc) is 3.67. The molecule has 2 amide bonds. The van der Waals surface area contributed by atoms with Crippen LogP contribution >= 0.6 is 22.9 Å². The van der Waals surface area contributed by atoms with Crippen LogP contribution in [0.15, 0.2) is 41.8 Å². The van der Waals surface area contributed by atoms with Crippen molar-refractivity contribution in [3.05, 3.63) is 63.7 Å². The fraction of sp³-hybridized carbons (Fsp3) is 0.514. The van der Waals surface area contributed by atoms with Crippen molar-refractivity contribution in [3.63, 3.8) is 0 Å². The van der Waals surface area contributed by atoms with Crippen LogP contribution in [0.3, 0.4) is 0 Å². The van der Waals surface area contributed by atoms with E-state index < -0.39 is 5.82 Å². The van der Waals surface area contributed by atoms with Gasteiger partial charge in [0.2, 0.25) is 5.91 Å². The Morgan fingerprint density at radius 2 is 1.91 bits per heavy atom. The van der Waals surface area contributed by atoms with Crippen molar-refractivity contribution < 1.29 is 28.2 Å². The number of aldehydes is 1. The lowest BCUT2D eigenvalue weighted by Crippen LogP contribution is -2.53. The van der Waals surface area contributed by atoms with Gasteiger partial charge in [-0.2, -0.15) is 0 Å². The van der Waals surface area contributed by atoms with Gasteiger partial charge in [-0.1, -0.05) is 29.8 Å². The standard InChI is InChI=1S/C35H41ClFN3O5S/c1-44-11-10-23-16-39(17-23)25-14-26(20-45-27-8-6-22(19-41)7-9-27)40(18-25)34(42)13-24-12-30(36)32(15-31(24)37)38-35(43)29-21-46-33-5-3-2-4-28(29)33/h2-5,12,15,19,21-23,25-27H,6-11,13-14,16-18,20H2,1H3,(H,38,43)/t22-,25-,26-,27-/m0/s1. The lowest BCUT2D eigenvalue weighted by Gasteiger charge is -2.43. The van der Waals surface area contributed by atoms with E-state index in [1.807, 2.05) is 29.2 Å². The molecule has 1 N–H and O–H groups in total. The maximum atomic E-state index is 15.4. The highest BCUT2D eigenvalue weighted by molar-refractivity contribution is 7.17. The van der Waals surface area contributed by atoms with Crippen LogP contribution in [-0.4, -0.2) is 86.0 Å². The quantitative estimate of drug-likeness (QED) is 0.231. The van der Waals surface area contributed by atoms with Gasteiger partial charge in [0.1, 0.15) is 12.1 Å². The molecule has 1 aliphatic carbocycles. The fourth-order valence-corrected chi connectivity index (χ4v) is 8.24. The molecule has 1 saturated carbocycles. The van der Waals surface area contributed by atoms with Crippen molar-refractivity contribution in [3.8, 4) is 0 Å². The normalized spacial score (nSPS) is 23.8. The number of anilines is 1. The topological polar surface area (TPSA) is 88.2 Å². The number of likely N-dealkylation sites (tertiary alicyclic amines) is 2. The van der Waals surface area contributed by atoms with Gasteiger partial charge in [0.25, 0.3) is 5.91 Å². The number of methoxy groups -OCH3 is 1. The molecule has 246 valence electrons. The predicted molar refractivity (Wildman–Crippen MR) is 178 cm³/mol. The van der Waals surface area contributed by atoms with Crippen molar-refractivity contribution >= 4 is 56.8 Å². The zero-order valence-corrected chi connectivity index (χ0v) is 27.7. The third kappa shape index (κ3) is 7.47. The highest BCUT2D eigenvalue weighted by atomic mass is 35.5. The predicted octanol–water partition coefficient (Wildman–Crippen LogP) is 6.20. The Bertz CT molecular complexity index is 1550. The number of nitrogens with zero attached hydrogens (tertiary/aromatic N) is 2. The summed E-state index contributed by atoms with van der Waals surface area (Å²) in [4.78, 5) is 42.3. The van der Waals surface area contributed by atoms with E-state index in [4.69, 9.17) is 21.1 Å². The molecule has 46 heavy (non-hydrogen) atoms. The van der Waals surface area contributed by atoms with Crippen LogP contribution < -0.4 is 5.32 Å². The van der Waals surface area contributed by atoms with Crippen LogP contribution in [-0.2, 0) is 25.5 Å². The molecule has 1 aromatic heterocycles. The van der Waals surface area contributed by atoms with E-state index in [0.29, 0.717) is 24.6 Å². The molecule has 3 aliphatic rings. The summed E-state index contributed by atoms with van der Waals surface area (Å²) in [5.41, 5.74) is 0.846. The number of carbonyl (C=O) groups is 3. The molecule has 2 aliphatic heterocycles. The van der Waals surface area contributed by atoms with Gasteiger partial charge in [-0.3, -0.25) is 14.5 Å². The van der Waals surface area contributed by atoms with Gasteiger partial charge in [0, 0.05) is 60.8 Å². The van der Waals surface area contributed by atoms with Crippen LogP contribution in [0.25, 0.3) is 10.1 Å². The van der Waals surface area contributed by atoms with Gasteiger partial charge in [-0.25, -0.2) is 4.39 Å². The molecule has 0 bridgehead atoms. The van der Waals surface area contributed by atoms with Gasteiger partial charge in [0.05, 0.1) is 41.4 Å². The summed E-state index contributed by atoms with van der Waals surface area (Å²) in [5, 5.41) is 5.51. The SMILES string of the molecule is COCCC1CN([C@H]2C[C@@H](CO[C@H]3CC[C@H](C=O)CC3)N(C(=O)Cc3cc(Cl)c(NC(=O)c4csc5ccccc45)cc3F)C2)C1. The number of fused-ring (bicyclic) bond motifs is 1. The molecule has 2 saturated heterocycles. The van der Waals surface area contributed by atoms with Crippen molar-refractivity contribution in [2.75, 3.05) is 45.3 Å². The second-order valence-corrected chi connectivity index (χ2v) is 14.2. The molecular formula is C35H41ClFN3O5S. The summed E-state index contributed by atoms with van der Waals surface area (Å²) < 4.78 is 28.0. The molecule has 11 heteroatoms. The minimum Gasteiger partial charge on any atom is -0.385 e. The van der Waals surface area contributed by atoms with Crippen molar-refractivity contribution in [1.29, 1.82) is 0 Å². The third-order valence-corrected chi connectivity index (χ3v) is 11.1. The lowest BCUT2D eigenvalue weighted by atomic mass is 9.88. The number of hydrogen-bond acceptors (Lipinski definition) is 7. The Kier molecular flexibility index (Phi) is 10.7. The first-order valence-corrected chi connectivity index (χ1v) is 17.4. The van der Waals surface area contributed by atoms with E-state index in [0.717, 1.165) is 74.6 Å². The van der Waals surface area contributed by atoms with Crippen LogP contribution in [0, 0.1) is 17.7 Å². The van der Waals surface area contributed by atoms with Gasteiger partial charge < -0.3 is 24.5 Å². The fourth-order valence-electron chi connectivity index (χ4n) is 7.06. The molecule has 3 aromatic rings. The van der Waals surface area contributed by atoms with Crippen LogP contribution in [0.2, 0.25) is 5.02 Å². The molecule has 0 radical (unpaired) electrons. The number of rotatable bonds is 12. The lowest BCUT2D eigenvalue weighted by molar-refractivity contribution is -0.133.